The van der Waals surface area contributed by atoms with Gasteiger partial charge < -0.3 is 14.7 Å². The fourth-order valence-corrected chi connectivity index (χ4v) is 3.68. The zero-order valence-corrected chi connectivity index (χ0v) is 16.7. The van der Waals surface area contributed by atoms with Gasteiger partial charge >= 0.3 is 0 Å². The van der Waals surface area contributed by atoms with Crippen molar-refractivity contribution in [2.45, 2.75) is 12.6 Å². The maximum absolute atomic E-state index is 14.8. The predicted octanol–water partition coefficient (Wildman–Crippen LogP) is 3.85. The van der Waals surface area contributed by atoms with Crippen LogP contribution in [0.4, 0.5) is 4.39 Å². The highest BCUT2D eigenvalue weighted by Gasteiger charge is 2.47. The average molecular weight is 418 g/mol. The Morgan fingerprint density at radius 1 is 1.13 bits per heavy atom. The Kier molecular flexibility index (Phi) is 5.49. The molecule has 0 spiro atoms. The van der Waals surface area contributed by atoms with Crippen LogP contribution in [-0.4, -0.2) is 33.8 Å². The molecule has 31 heavy (non-hydrogen) atoms. The van der Waals surface area contributed by atoms with Gasteiger partial charge in [0, 0.05) is 30.1 Å². The third-order valence-corrected chi connectivity index (χ3v) is 5.16. The van der Waals surface area contributed by atoms with Crippen LogP contribution >= 0.6 is 0 Å². The van der Waals surface area contributed by atoms with Crippen LogP contribution in [0.2, 0.25) is 0 Å². The minimum Gasteiger partial charge on any atom is -0.507 e. The van der Waals surface area contributed by atoms with E-state index >= 15 is 0 Å². The first-order valence-corrected chi connectivity index (χ1v) is 9.57. The first kappa shape index (κ1) is 20.3. The number of hydrogen-bond acceptors (Lipinski definition) is 5. The molecule has 1 amide bonds. The highest BCUT2D eigenvalue weighted by molar-refractivity contribution is 6.46. The van der Waals surface area contributed by atoms with Gasteiger partial charge in [0.25, 0.3) is 11.7 Å². The number of benzene rings is 2. The molecule has 0 aliphatic carbocycles. The lowest BCUT2D eigenvalue weighted by molar-refractivity contribution is -0.140. The quantitative estimate of drug-likeness (QED) is 0.387. The third kappa shape index (κ3) is 3.77. The molecule has 0 radical (unpaired) electrons. The molecule has 1 aromatic heterocycles. The van der Waals surface area contributed by atoms with Crippen molar-refractivity contribution in [3.8, 4) is 5.75 Å². The first-order chi connectivity index (χ1) is 15.0. The zero-order valence-electron chi connectivity index (χ0n) is 16.7. The highest BCUT2D eigenvalue weighted by Crippen LogP contribution is 2.41. The molecule has 3 aromatic rings. The number of halogens is 1. The summed E-state index contributed by atoms with van der Waals surface area (Å²) in [6.45, 7) is 0.0340. The molecule has 156 valence electrons. The molecule has 1 fully saturated rings. The number of aliphatic hydroxyl groups is 1. The van der Waals surface area contributed by atoms with Crippen molar-refractivity contribution in [1.82, 2.24) is 9.88 Å². The predicted molar refractivity (Wildman–Crippen MR) is 111 cm³/mol. The van der Waals surface area contributed by atoms with Gasteiger partial charge in [-0.25, -0.2) is 4.39 Å². The van der Waals surface area contributed by atoms with E-state index in [2.05, 4.69) is 4.98 Å². The molecule has 1 aliphatic heterocycles. The van der Waals surface area contributed by atoms with Gasteiger partial charge in [-0.05, 0) is 29.8 Å². The van der Waals surface area contributed by atoms with Crippen LogP contribution in [0.15, 0.2) is 78.6 Å². The van der Waals surface area contributed by atoms with E-state index in [1.54, 1.807) is 54.9 Å². The topological polar surface area (TPSA) is 79.7 Å². The number of hydrogen-bond donors (Lipinski definition) is 1. The first-order valence-electron chi connectivity index (χ1n) is 9.57. The second-order valence-electron chi connectivity index (χ2n) is 7.04. The number of carbonyl (C=O) groups excluding carboxylic acids is 2. The second-order valence-corrected chi connectivity index (χ2v) is 7.04. The molecule has 4 rings (SSSR count). The number of likely N-dealkylation sites (tertiary alicyclic amines) is 1. The van der Waals surface area contributed by atoms with Gasteiger partial charge in [0.2, 0.25) is 0 Å². The SMILES string of the molecule is COc1cccc(/C(O)=C2\C(=O)C(=O)N(Cc3cccnc3)[C@H]2c2ccccc2F)c1. The summed E-state index contributed by atoms with van der Waals surface area (Å²) >= 11 is 0. The Labute approximate surface area is 178 Å². The van der Waals surface area contributed by atoms with Gasteiger partial charge in [0.05, 0.1) is 18.7 Å². The molecular weight excluding hydrogens is 399 g/mol. The van der Waals surface area contributed by atoms with E-state index in [4.69, 9.17) is 4.74 Å². The molecule has 1 aliphatic rings. The van der Waals surface area contributed by atoms with Gasteiger partial charge in [-0.3, -0.25) is 14.6 Å². The number of ether oxygens (including phenoxy) is 1. The van der Waals surface area contributed by atoms with E-state index in [0.717, 1.165) is 0 Å². The standard InChI is InChI=1S/C24H19FN2O4/c1-31-17-8-4-7-16(12-17)22(28)20-21(18-9-2-3-10-19(18)25)27(24(30)23(20)29)14-15-6-5-11-26-13-15/h2-13,21,28H,14H2,1H3/b22-20+/t21-/m0/s1. The van der Waals surface area contributed by atoms with Crippen LogP contribution in [0.1, 0.15) is 22.7 Å². The highest BCUT2D eigenvalue weighted by atomic mass is 19.1. The minimum absolute atomic E-state index is 0.0340. The summed E-state index contributed by atoms with van der Waals surface area (Å²) < 4.78 is 20.0. The Bertz CT molecular complexity index is 1180. The molecule has 0 saturated carbocycles. The zero-order chi connectivity index (χ0) is 22.0. The molecule has 1 N–H and O–H groups in total. The number of ketones is 1. The molecule has 6 nitrogen and oxygen atoms in total. The van der Waals surface area contributed by atoms with E-state index in [1.165, 1.54) is 30.2 Å². The van der Waals surface area contributed by atoms with Crippen molar-refractivity contribution in [1.29, 1.82) is 0 Å². The van der Waals surface area contributed by atoms with Crippen molar-refractivity contribution >= 4 is 17.4 Å². The van der Waals surface area contributed by atoms with E-state index in [-0.39, 0.29) is 23.4 Å². The van der Waals surface area contributed by atoms with Crippen LogP contribution in [-0.2, 0) is 16.1 Å². The fourth-order valence-electron chi connectivity index (χ4n) is 3.68. The van der Waals surface area contributed by atoms with Crippen LogP contribution in [0.25, 0.3) is 5.76 Å². The normalized spacial score (nSPS) is 17.7. The summed E-state index contributed by atoms with van der Waals surface area (Å²) in [6, 6.07) is 14.7. The van der Waals surface area contributed by atoms with E-state index in [9.17, 15) is 19.1 Å². The van der Waals surface area contributed by atoms with Crippen LogP contribution in [0.5, 0.6) is 5.75 Å². The maximum atomic E-state index is 14.8. The summed E-state index contributed by atoms with van der Waals surface area (Å²) in [5.74, 6) is -2.20. The number of carbonyl (C=O) groups is 2. The van der Waals surface area contributed by atoms with E-state index < -0.39 is 23.5 Å². The number of rotatable bonds is 5. The largest absolute Gasteiger partial charge is 0.507 e. The average Bonchev–Trinajstić information content (AvgIpc) is 3.04. The van der Waals surface area contributed by atoms with Gasteiger partial charge in [0.1, 0.15) is 17.3 Å². The lowest BCUT2D eigenvalue weighted by Gasteiger charge is -2.25. The molecule has 1 atom stereocenters. The molecule has 2 heterocycles. The number of pyridine rings is 1. The monoisotopic (exact) mass is 418 g/mol. The summed E-state index contributed by atoms with van der Waals surface area (Å²) in [5.41, 5.74) is 0.912. The lowest BCUT2D eigenvalue weighted by Crippen LogP contribution is -2.29. The summed E-state index contributed by atoms with van der Waals surface area (Å²) in [6.07, 6.45) is 3.16. The van der Waals surface area contributed by atoms with Crippen LogP contribution < -0.4 is 4.74 Å². The van der Waals surface area contributed by atoms with Crippen molar-refractivity contribution in [2.75, 3.05) is 7.11 Å². The Morgan fingerprint density at radius 2 is 1.94 bits per heavy atom. The molecule has 0 unspecified atom stereocenters. The molecule has 0 bridgehead atoms. The molecule has 1 saturated heterocycles. The number of aliphatic hydroxyl groups excluding tert-OH is 1. The van der Waals surface area contributed by atoms with Crippen LogP contribution in [0.3, 0.4) is 0 Å². The van der Waals surface area contributed by atoms with Crippen molar-refractivity contribution in [3.05, 3.63) is 101 Å². The molecular formula is C24H19FN2O4. The second kappa shape index (κ2) is 8.39. The van der Waals surface area contributed by atoms with Crippen molar-refractivity contribution in [3.63, 3.8) is 0 Å². The summed E-state index contributed by atoms with van der Waals surface area (Å²) in [5, 5.41) is 11.0. The van der Waals surface area contributed by atoms with Crippen molar-refractivity contribution < 1.29 is 23.8 Å². The van der Waals surface area contributed by atoms with Gasteiger partial charge in [0.15, 0.2) is 0 Å². The Balaban J connectivity index is 1.89. The summed E-state index contributed by atoms with van der Waals surface area (Å²) in [4.78, 5) is 31.2. The number of aromatic nitrogens is 1. The third-order valence-electron chi connectivity index (χ3n) is 5.16. The number of nitrogens with zero attached hydrogens (tertiary/aromatic N) is 2. The Hall–Kier alpha value is -4.00. The smallest absolute Gasteiger partial charge is 0.295 e. The van der Waals surface area contributed by atoms with Gasteiger partial charge in [-0.15, -0.1) is 0 Å². The van der Waals surface area contributed by atoms with E-state index in [0.29, 0.717) is 16.9 Å². The summed E-state index contributed by atoms with van der Waals surface area (Å²) in [7, 11) is 1.48. The molecule has 2 aromatic carbocycles. The van der Waals surface area contributed by atoms with Crippen LogP contribution in [0, 0.1) is 5.82 Å². The fraction of sp³-hybridized carbons (Fsp3) is 0.125. The van der Waals surface area contributed by atoms with Gasteiger partial charge in [-0.2, -0.15) is 0 Å². The van der Waals surface area contributed by atoms with E-state index in [1.807, 2.05) is 0 Å². The Morgan fingerprint density at radius 3 is 2.65 bits per heavy atom. The number of amides is 1. The lowest BCUT2D eigenvalue weighted by atomic mass is 9.94. The number of methoxy groups -OCH3 is 1. The van der Waals surface area contributed by atoms with Gasteiger partial charge in [-0.1, -0.05) is 36.4 Å². The van der Waals surface area contributed by atoms with Crippen molar-refractivity contribution in [2.24, 2.45) is 0 Å². The minimum atomic E-state index is -1.09. The maximum Gasteiger partial charge on any atom is 0.295 e. The number of Topliss-reactive ketones (excluding diaryl/α,β-unsaturated/α-hetero) is 1. The molecule has 7 heteroatoms.